The van der Waals surface area contributed by atoms with Gasteiger partial charge in [0, 0.05) is 0 Å². The quantitative estimate of drug-likeness (QED) is 0.824. The first-order valence-corrected chi connectivity index (χ1v) is 8.56. The predicted molar refractivity (Wildman–Crippen MR) is 69.8 cm³/mol. The van der Waals surface area contributed by atoms with E-state index in [0.29, 0.717) is 12.4 Å². The number of nitrogens with zero attached hydrogens (tertiary/aromatic N) is 2. The molecule has 2 N–H and O–H groups in total. The summed E-state index contributed by atoms with van der Waals surface area (Å²) in [6.45, 7) is 12.6. The second-order valence-corrected chi connectivity index (χ2v) is 10.4. The minimum atomic E-state index is -1.64. The molecule has 1 aromatic rings. The van der Waals surface area contributed by atoms with Crippen LogP contribution in [0.3, 0.4) is 0 Å². The van der Waals surface area contributed by atoms with Crippen LogP contribution in [0.25, 0.3) is 0 Å². The van der Waals surface area contributed by atoms with Crippen molar-refractivity contribution < 1.29 is 4.43 Å². The highest BCUT2D eigenvalue weighted by Crippen LogP contribution is 2.36. The van der Waals surface area contributed by atoms with Gasteiger partial charge in [-0.05, 0) is 24.2 Å². The van der Waals surface area contributed by atoms with Crippen molar-refractivity contribution in [2.45, 2.75) is 45.4 Å². The fourth-order valence-electron chi connectivity index (χ4n) is 1.13. The molecule has 1 aromatic heterocycles. The molecule has 4 nitrogen and oxygen atoms in total. The van der Waals surface area contributed by atoms with E-state index in [-0.39, 0.29) is 5.04 Å². The second kappa shape index (κ2) is 4.59. The van der Waals surface area contributed by atoms with E-state index in [1.807, 2.05) is 0 Å². The van der Waals surface area contributed by atoms with Crippen LogP contribution in [0.15, 0.2) is 12.3 Å². The molecule has 0 saturated heterocycles. The highest BCUT2D eigenvalue weighted by molar-refractivity contribution is 6.74. The zero-order valence-electron chi connectivity index (χ0n) is 10.9. The smallest absolute Gasteiger partial charge is 0.192 e. The molecule has 0 aliphatic carbocycles. The molecule has 1 heterocycles. The van der Waals surface area contributed by atoms with E-state index in [2.05, 4.69) is 39.0 Å². The zero-order valence-corrected chi connectivity index (χ0v) is 11.9. The third-order valence-electron chi connectivity index (χ3n) is 3.32. The number of nitrogen functional groups attached to an aromatic ring is 1. The van der Waals surface area contributed by atoms with Gasteiger partial charge in [-0.1, -0.05) is 20.8 Å². The Kier molecular flexibility index (Phi) is 3.80. The van der Waals surface area contributed by atoms with E-state index in [9.17, 15) is 0 Å². The molecule has 0 amide bonds. The van der Waals surface area contributed by atoms with E-state index in [4.69, 9.17) is 10.2 Å². The first-order chi connectivity index (χ1) is 7.24. The van der Waals surface area contributed by atoms with Crippen molar-refractivity contribution in [3.63, 3.8) is 0 Å². The van der Waals surface area contributed by atoms with E-state index in [0.717, 1.165) is 6.54 Å². The van der Waals surface area contributed by atoms with Crippen LogP contribution in [-0.4, -0.2) is 24.7 Å². The normalized spacial score (nSPS) is 13.1. The van der Waals surface area contributed by atoms with Gasteiger partial charge in [-0.25, -0.2) is 4.68 Å². The summed E-state index contributed by atoms with van der Waals surface area (Å²) in [6.07, 6.45) is 1.71. The Morgan fingerprint density at radius 3 is 2.50 bits per heavy atom. The van der Waals surface area contributed by atoms with Gasteiger partial charge in [-0.15, -0.1) is 0 Å². The molecule has 1 rings (SSSR count). The molecule has 0 saturated carbocycles. The Hall–Kier alpha value is -0.813. The van der Waals surface area contributed by atoms with Gasteiger partial charge in [-0.2, -0.15) is 5.10 Å². The Morgan fingerprint density at radius 2 is 2.06 bits per heavy atom. The Labute approximate surface area is 98.9 Å². The lowest BCUT2D eigenvalue weighted by Gasteiger charge is -2.36. The summed E-state index contributed by atoms with van der Waals surface area (Å²) in [4.78, 5) is 0. The maximum atomic E-state index is 6.04. The largest absolute Gasteiger partial charge is 0.415 e. The summed E-state index contributed by atoms with van der Waals surface area (Å²) in [7, 11) is -1.64. The lowest BCUT2D eigenvalue weighted by Crippen LogP contribution is -2.41. The van der Waals surface area contributed by atoms with Gasteiger partial charge in [0.15, 0.2) is 8.32 Å². The van der Waals surface area contributed by atoms with Crippen molar-refractivity contribution in [2.24, 2.45) is 0 Å². The van der Waals surface area contributed by atoms with Crippen molar-refractivity contribution in [1.82, 2.24) is 9.78 Å². The highest BCUT2D eigenvalue weighted by Gasteiger charge is 2.36. The van der Waals surface area contributed by atoms with Crippen LogP contribution in [0.5, 0.6) is 0 Å². The first-order valence-electron chi connectivity index (χ1n) is 5.65. The van der Waals surface area contributed by atoms with E-state index in [1.165, 1.54) is 0 Å². The molecule has 0 aliphatic rings. The summed E-state index contributed by atoms with van der Waals surface area (Å²) in [6, 6.07) is 1.80. The molecular formula is C11H23N3OSi. The van der Waals surface area contributed by atoms with Crippen molar-refractivity contribution >= 4 is 14.1 Å². The number of nitrogens with two attached hydrogens (primary N) is 1. The molecule has 0 radical (unpaired) electrons. The number of anilines is 1. The monoisotopic (exact) mass is 241 g/mol. The van der Waals surface area contributed by atoms with Crippen molar-refractivity contribution in [1.29, 1.82) is 0 Å². The number of rotatable bonds is 4. The highest BCUT2D eigenvalue weighted by atomic mass is 28.4. The number of aromatic nitrogens is 2. The Balaban J connectivity index is 2.45. The lowest BCUT2D eigenvalue weighted by atomic mass is 10.2. The minimum absolute atomic E-state index is 0.253. The minimum Gasteiger partial charge on any atom is -0.415 e. The average molecular weight is 241 g/mol. The molecule has 0 unspecified atom stereocenters. The standard InChI is InChI=1S/C11H23N3OSi/c1-11(2,3)16(4,5)15-9-8-14-10(12)6-7-13-14/h6-7H,8-9,12H2,1-5H3. The molecule has 5 heteroatoms. The first kappa shape index (κ1) is 13.3. The molecule has 0 atom stereocenters. The van der Waals surface area contributed by atoms with Crippen molar-refractivity contribution in [3.05, 3.63) is 12.3 Å². The van der Waals surface area contributed by atoms with E-state index in [1.54, 1.807) is 16.9 Å². The fourth-order valence-corrected chi connectivity index (χ4v) is 2.17. The van der Waals surface area contributed by atoms with Crippen LogP contribution in [0, 0.1) is 0 Å². The molecule has 92 valence electrons. The van der Waals surface area contributed by atoms with Gasteiger partial charge in [0.2, 0.25) is 0 Å². The SMILES string of the molecule is CC(C)(C)[Si](C)(C)OCCn1nccc1N. The summed E-state index contributed by atoms with van der Waals surface area (Å²) in [5.74, 6) is 0.693. The van der Waals surface area contributed by atoms with E-state index >= 15 is 0 Å². The van der Waals surface area contributed by atoms with Crippen LogP contribution in [0.4, 0.5) is 5.82 Å². The third-order valence-corrected chi connectivity index (χ3v) is 7.86. The van der Waals surface area contributed by atoms with Gasteiger partial charge in [0.25, 0.3) is 0 Å². The lowest BCUT2D eigenvalue weighted by molar-refractivity contribution is 0.267. The topological polar surface area (TPSA) is 53.1 Å². The van der Waals surface area contributed by atoms with Gasteiger partial charge < -0.3 is 10.2 Å². The maximum absolute atomic E-state index is 6.04. The van der Waals surface area contributed by atoms with Crippen LogP contribution in [0.1, 0.15) is 20.8 Å². The molecule has 0 aliphatic heterocycles. The molecule has 0 spiro atoms. The maximum Gasteiger partial charge on any atom is 0.192 e. The molecule has 0 aromatic carbocycles. The van der Waals surface area contributed by atoms with E-state index < -0.39 is 8.32 Å². The van der Waals surface area contributed by atoms with Crippen LogP contribution in [-0.2, 0) is 11.0 Å². The van der Waals surface area contributed by atoms with Gasteiger partial charge in [0.1, 0.15) is 5.82 Å². The third kappa shape index (κ3) is 3.09. The molecule has 16 heavy (non-hydrogen) atoms. The summed E-state index contributed by atoms with van der Waals surface area (Å²) >= 11 is 0. The zero-order chi connectivity index (χ0) is 12.4. The van der Waals surface area contributed by atoms with Gasteiger partial charge >= 0.3 is 0 Å². The summed E-state index contributed by atoms with van der Waals surface area (Å²) in [5.41, 5.74) is 5.73. The van der Waals surface area contributed by atoms with Crippen LogP contribution in [0.2, 0.25) is 18.1 Å². The van der Waals surface area contributed by atoms with Crippen molar-refractivity contribution in [2.75, 3.05) is 12.3 Å². The fraction of sp³-hybridized carbons (Fsp3) is 0.727. The van der Waals surface area contributed by atoms with Crippen LogP contribution < -0.4 is 5.73 Å². The predicted octanol–water partition coefficient (Wildman–Crippen LogP) is 2.49. The summed E-state index contributed by atoms with van der Waals surface area (Å²) < 4.78 is 7.82. The summed E-state index contributed by atoms with van der Waals surface area (Å²) in [5, 5.41) is 4.38. The molecular weight excluding hydrogens is 218 g/mol. The van der Waals surface area contributed by atoms with Crippen molar-refractivity contribution in [3.8, 4) is 0 Å². The molecule has 0 bridgehead atoms. The average Bonchev–Trinajstić information content (AvgIpc) is 2.49. The molecule has 0 fully saturated rings. The number of hydrogen-bond donors (Lipinski definition) is 1. The van der Waals surface area contributed by atoms with Crippen LogP contribution >= 0.6 is 0 Å². The van der Waals surface area contributed by atoms with Gasteiger partial charge in [-0.3, -0.25) is 0 Å². The number of hydrogen-bond acceptors (Lipinski definition) is 3. The Morgan fingerprint density at radius 1 is 1.44 bits per heavy atom. The Bertz CT molecular complexity index is 341. The second-order valence-electron chi connectivity index (χ2n) is 5.59. The van der Waals surface area contributed by atoms with Gasteiger partial charge in [0.05, 0.1) is 19.3 Å².